The highest BCUT2D eigenvalue weighted by Gasteiger charge is 2.53. The maximum Gasteiger partial charge on any atom is 0.329 e. The van der Waals surface area contributed by atoms with Gasteiger partial charge in [0.15, 0.2) is 12.1 Å². The second kappa shape index (κ2) is 28.1. The molecule has 3 aliphatic heterocycles. The molecule has 1 aromatic rings. The predicted octanol–water partition coefficient (Wildman–Crippen LogP) is 6.66. The molecule has 5 rings (SSSR count). The molecule has 1 amide bonds. The first-order chi connectivity index (χ1) is 33.2. The molecular formula is C53H83N5O12. The van der Waals surface area contributed by atoms with Crippen molar-refractivity contribution in [2.75, 3.05) is 27.9 Å². The molecule has 392 valence electrons. The second-order valence-corrected chi connectivity index (χ2v) is 20.6. The first-order valence-corrected chi connectivity index (χ1v) is 25.4. The lowest BCUT2D eigenvalue weighted by Crippen LogP contribution is -2.61. The van der Waals surface area contributed by atoms with Crippen LogP contribution in [0.25, 0.3) is 0 Å². The lowest BCUT2D eigenvalue weighted by molar-refractivity contribution is -0.265. The number of nitrogens with one attached hydrogen (secondary N) is 1. The number of aromatic amines is 1. The summed E-state index contributed by atoms with van der Waals surface area (Å²) in [7, 11) is 4.70. The summed E-state index contributed by atoms with van der Waals surface area (Å²) < 4.78 is 29.7. The van der Waals surface area contributed by atoms with Gasteiger partial charge < -0.3 is 38.8 Å². The van der Waals surface area contributed by atoms with Gasteiger partial charge in [-0.2, -0.15) is 5.21 Å². The van der Waals surface area contributed by atoms with Crippen molar-refractivity contribution in [3.8, 4) is 0 Å². The van der Waals surface area contributed by atoms with E-state index >= 15 is 0 Å². The zero-order valence-electron chi connectivity index (χ0n) is 43.6. The molecule has 70 heavy (non-hydrogen) atoms. The number of fused-ring (bicyclic) bond motifs is 3. The Hall–Kier alpha value is -4.26. The number of hydrogen-bond acceptors (Lipinski definition) is 15. The Labute approximate surface area is 415 Å². The highest BCUT2D eigenvalue weighted by molar-refractivity contribution is 6.39. The molecule has 1 saturated carbocycles. The number of piperidine rings is 1. The molecule has 0 aromatic carbocycles. The van der Waals surface area contributed by atoms with Gasteiger partial charge in [0.2, 0.25) is 5.79 Å². The van der Waals surface area contributed by atoms with E-state index in [9.17, 15) is 34.2 Å². The Morgan fingerprint density at radius 2 is 1.63 bits per heavy atom. The fourth-order valence-corrected chi connectivity index (χ4v) is 10.5. The van der Waals surface area contributed by atoms with Crippen LogP contribution < -0.4 is 0 Å². The molecule has 4 heterocycles. The number of aliphatic hydroxyl groups is 2. The first-order valence-electron chi connectivity index (χ1n) is 25.4. The third kappa shape index (κ3) is 16.1. The van der Waals surface area contributed by atoms with E-state index in [1.165, 1.54) is 18.3 Å². The van der Waals surface area contributed by atoms with Crippen LogP contribution in [0.3, 0.4) is 0 Å². The molecule has 0 radical (unpaired) electrons. The highest BCUT2D eigenvalue weighted by Crippen LogP contribution is 2.38. The quantitative estimate of drug-likeness (QED) is 0.154. The summed E-state index contributed by atoms with van der Waals surface area (Å²) in [6.07, 6.45) is 15.0. The van der Waals surface area contributed by atoms with Gasteiger partial charge in [-0.05, 0) is 113 Å². The number of amides is 1. The largest absolute Gasteiger partial charge is 0.460 e. The van der Waals surface area contributed by atoms with Crippen molar-refractivity contribution in [2.45, 2.75) is 181 Å². The summed E-state index contributed by atoms with van der Waals surface area (Å²) in [5.74, 6) is -7.07. The molecule has 3 N–H and O–H groups in total. The van der Waals surface area contributed by atoms with E-state index in [2.05, 4.69) is 27.5 Å². The van der Waals surface area contributed by atoms with Gasteiger partial charge in [0.25, 0.3) is 11.7 Å². The number of rotatable bonds is 6. The predicted molar refractivity (Wildman–Crippen MR) is 262 cm³/mol. The van der Waals surface area contributed by atoms with Crippen molar-refractivity contribution in [1.29, 1.82) is 0 Å². The topological polar surface area (TPSA) is 230 Å². The minimum absolute atomic E-state index is 0.0304. The van der Waals surface area contributed by atoms with Crippen LogP contribution >= 0.6 is 0 Å². The number of aromatic nitrogens is 4. The number of hydrogen-bond donors (Lipinski definition) is 3. The van der Waals surface area contributed by atoms with Gasteiger partial charge in [-0.3, -0.25) is 19.2 Å². The summed E-state index contributed by atoms with van der Waals surface area (Å²) in [6, 6.07) is -1.11. The van der Waals surface area contributed by atoms with Crippen LogP contribution in [0.2, 0.25) is 0 Å². The van der Waals surface area contributed by atoms with Crippen molar-refractivity contribution >= 4 is 29.2 Å². The van der Waals surface area contributed by atoms with E-state index in [4.69, 9.17) is 23.7 Å². The zero-order chi connectivity index (χ0) is 51.7. The number of Topliss-reactive ketones (excluding diaryl/α,β-unsaturated/α-hetero) is 3. The van der Waals surface area contributed by atoms with Crippen LogP contribution in [0, 0.1) is 41.4 Å². The zero-order valence-corrected chi connectivity index (χ0v) is 43.6. The Kier molecular flexibility index (Phi) is 23.4. The Morgan fingerprint density at radius 1 is 0.886 bits per heavy atom. The number of carbonyl (C=O) groups is 5. The number of aliphatic hydroxyl groups excluding tert-OH is 1. The Bertz CT molecular complexity index is 1950. The van der Waals surface area contributed by atoms with Crippen LogP contribution in [-0.2, 0) is 47.7 Å². The van der Waals surface area contributed by atoms with E-state index in [1.54, 1.807) is 41.1 Å². The number of ether oxygens (including phenoxy) is 5. The molecule has 17 heteroatoms. The van der Waals surface area contributed by atoms with Gasteiger partial charge in [0.1, 0.15) is 30.1 Å². The highest BCUT2D eigenvalue weighted by atomic mass is 16.6. The van der Waals surface area contributed by atoms with Crippen molar-refractivity contribution in [1.82, 2.24) is 25.5 Å². The molecule has 1 aliphatic carbocycles. The van der Waals surface area contributed by atoms with E-state index in [-0.39, 0.29) is 54.8 Å². The number of esters is 1. The number of allylic oxidation sites excluding steroid dienone is 6. The summed E-state index contributed by atoms with van der Waals surface area (Å²) in [5.41, 5.74) is 1.30. The molecular weight excluding hydrogens is 899 g/mol. The van der Waals surface area contributed by atoms with Crippen molar-refractivity contribution in [3.05, 3.63) is 53.9 Å². The van der Waals surface area contributed by atoms with Crippen molar-refractivity contribution in [2.24, 2.45) is 41.4 Å². The molecule has 2 bridgehead atoms. The lowest BCUT2D eigenvalue weighted by atomic mass is 9.76. The number of nitrogens with zero attached hydrogens (tertiary/aromatic N) is 4. The van der Waals surface area contributed by atoms with Gasteiger partial charge >= 0.3 is 5.97 Å². The van der Waals surface area contributed by atoms with Crippen molar-refractivity contribution < 1.29 is 57.9 Å². The third-order valence-corrected chi connectivity index (χ3v) is 15.1. The number of ketones is 3. The van der Waals surface area contributed by atoms with E-state index in [1.807, 2.05) is 58.1 Å². The summed E-state index contributed by atoms with van der Waals surface area (Å²) in [4.78, 5) is 71.9. The fraction of sp³-hybridized carbons (Fsp3) is 0.736. The molecule has 15 atom stereocenters. The van der Waals surface area contributed by atoms with E-state index in [0.717, 1.165) is 24.8 Å². The van der Waals surface area contributed by atoms with Crippen LogP contribution in [0.15, 0.2) is 53.9 Å². The minimum Gasteiger partial charge on any atom is -0.460 e. The molecule has 3 fully saturated rings. The Morgan fingerprint density at radius 3 is 2.27 bits per heavy atom. The maximum absolute atomic E-state index is 14.4. The molecule has 0 spiro atoms. The number of H-pyrrole nitrogens is 1. The average molecular weight is 982 g/mol. The summed E-state index contributed by atoms with van der Waals surface area (Å²) >= 11 is 0. The van der Waals surface area contributed by atoms with Crippen LogP contribution in [-0.4, -0.2) is 141 Å². The number of tetrazole rings is 1. The molecule has 11 unspecified atom stereocenters. The van der Waals surface area contributed by atoms with Gasteiger partial charge in [-0.15, -0.1) is 10.2 Å². The van der Waals surface area contributed by atoms with E-state index in [0.29, 0.717) is 56.4 Å². The van der Waals surface area contributed by atoms with Crippen LogP contribution in [0.5, 0.6) is 0 Å². The van der Waals surface area contributed by atoms with Crippen LogP contribution in [0.4, 0.5) is 0 Å². The molecule has 4 aliphatic rings. The molecule has 17 nitrogen and oxygen atoms in total. The van der Waals surface area contributed by atoms with Gasteiger partial charge in [0, 0.05) is 58.5 Å². The Balaban J connectivity index is 0.00000200. The number of carbonyl (C=O) groups excluding carboxylic acids is 5. The van der Waals surface area contributed by atoms with Crippen molar-refractivity contribution in [3.63, 3.8) is 0 Å². The number of methoxy groups -OCH3 is 3. The van der Waals surface area contributed by atoms with E-state index < -0.39 is 77.8 Å². The van der Waals surface area contributed by atoms with Crippen LogP contribution in [0.1, 0.15) is 132 Å². The summed E-state index contributed by atoms with van der Waals surface area (Å²) in [6.45, 7) is 15.1. The smallest absolute Gasteiger partial charge is 0.329 e. The monoisotopic (exact) mass is 982 g/mol. The SMILES string of the molecule is COC1CC2CCC(C)C(O)(O2)C(=O)C(=O)N2CCCC[C@H]2C(=O)OC(C(C)C[C@@H]2CC[C@H](C)C(OC)C2)CC(=O)C(C)/C=C(\C)C(O)C(OC)C(=O)C(C)C[C@H](C)/C=C/C=CC=C1C.c1nn[nH]n1. The van der Waals surface area contributed by atoms with Gasteiger partial charge in [-0.25, -0.2) is 4.79 Å². The lowest BCUT2D eigenvalue weighted by Gasteiger charge is -2.42. The minimum atomic E-state index is -2.41. The normalized spacial score (nSPS) is 36.9. The molecule has 1 aromatic heterocycles. The number of cyclic esters (lactones) is 1. The standard InChI is InChI=1S/C52H81NO12.CH2N4/c1-31-17-13-12-14-18-32(2)44(62-10)29-40-23-21-38(8)52(60,65-40)49(57)50(58)53-24-16-15-19-41(53)51(59)64-45(35(5)27-39-22-20-33(3)43(28-39)61-9)30-42(54)34(4)26-37(7)47(56)48(63-11)46(55)36(6)25-31;1-2-4-5-3-1/h12-14,17-18,26,31,33-36,38-41,43-45,47-48,56,60H,15-16,19-25,27-30H2,1-11H3;1H,(H,2,3,4,5)/b14-12?,17-13+,32-18?,37-26+;/t31-,33+,34?,35?,36?,38?,39+,40?,41+,43?,44?,45?,47?,48?,52?;/m1./s1. The van der Waals surface area contributed by atoms with Gasteiger partial charge in [0.05, 0.1) is 18.3 Å². The first kappa shape index (κ1) is 58.3. The third-order valence-electron chi connectivity index (χ3n) is 15.1. The second-order valence-electron chi connectivity index (χ2n) is 20.6. The summed E-state index contributed by atoms with van der Waals surface area (Å²) in [5, 5.41) is 35.6. The van der Waals surface area contributed by atoms with Gasteiger partial charge in [-0.1, -0.05) is 83.2 Å². The fourth-order valence-electron chi connectivity index (χ4n) is 10.5. The molecule has 2 saturated heterocycles. The average Bonchev–Trinajstić information content (AvgIpc) is 3.94. The maximum atomic E-state index is 14.4.